The third-order valence-electron chi connectivity index (χ3n) is 3.56. The molecule has 4 aromatic rings. The van der Waals surface area contributed by atoms with Crippen LogP contribution in [0.5, 0.6) is 0 Å². The normalized spacial score (nSPS) is 11.5. The maximum Gasteiger partial charge on any atom is 0.307 e. The highest BCUT2D eigenvalue weighted by atomic mass is 16.2. The largest absolute Gasteiger partial charge is 0.361 e. The van der Waals surface area contributed by atoms with Crippen molar-refractivity contribution >= 4 is 34.1 Å². The number of nitrogens with zero attached hydrogens (tertiary/aromatic N) is 2. The topological polar surface area (TPSA) is 85.9 Å². The summed E-state index contributed by atoms with van der Waals surface area (Å²) in [7, 11) is 0. The van der Waals surface area contributed by atoms with Gasteiger partial charge < -0.3 is 9.97 Å². The first-order valence-corrected chi connectivity index (χ1v) is 7.15. The van der Waals surface area contributed by atoms with Gasteiger partial charge in [0, 0.05) is 11.7 Å². The van der Waals surface area contributed by atoms with E-state index in [2.05, 4.69) is 25.5 Å². The molecule has 6 nitrogen and oxygen atoms in total. The highest BCUT2D eigenvalue weighted by Gasteiger charge is 2.09. The number of amides is 1. The minimum absolute atomic E-state index is 0.240. The Hall–Kier alpha value is -3.41. The van der Waals surface area contributed by atoms with Crippen molar-refractivity contribution in [3.63, 3.8) is 0 Å². The molecule has 23 heavy (non-hydrogen) atoms. The Balaban J connectivity index is 1.49. The number of aromatic nitrogens is 3. The van der Waals surface area contributed by atoms with Gasteiger partial charge in [0.25, 0.3) is 0 Å². The number of hydrogen-bond acceptors (Lipinski definition) is 3. The molecule has 1 amide bonds. The molecule has 0 fully saturated rings. The molecule has 3 N–H and O–H groups in total. The van der Waals surface area contributed by atoms with Crippen LogP contribution in [0.4, 0.5) is 0 Å². The molecule has 6 heteroatoms. The summed E-state index contributed by atoms with van der Waals surface area (Å²) in [6.45, 7) is 0. The Bertz CT molecular complexity index is 995. The summed E-state index contributed by atoms with van der Waals surface area (Å²) in [6, 6.07) is 15.3. The average molecular weight is 303 g/mol. The standard InChI is InChI=1S/C17H13N5O/c23-17(16-20-14-3-1-2-4-15(14)21-16)22-19-10-11-5-6-13-12(9-11)7-8-18-13/h1-10,18H,(H,20,21)(H,22,23)/b19-10+. The highest BCUT2D eigenvalue weighted by Crippen LogP contribution is 2.13. The van der Waals surface area contributed by atoms with Crippen molar-refractivity contribution in [2.45, 2.75) is 0 Å². The number of carbonyl (C=O) groups excluding carboxylic acids is 1. The second kappa shape index (κ2) is 5.42. The maximum absolute atomic E-state index is 12.1. The Labute approximate surface area is 131 Å². The summed E-state index contributed by atoms with van der Waals surface area (Å²) in [5.41, 5.74) is 6.02. The molecule has 2 aromatic carbocycles. The van der Waals surface area contributed by atoms with Gasteiger partial charge in [-0.2, -0.15) is 5.10 Å². The van der Waals surface area contributed by atoms with Crippen molar-refractivity contribution in [1.29, 1.82) is 0 Å². The van der Waals surface area contributed by atoms with Gasteiger partial charge in [0.15, 0.2) is 5.82 Å². The molecule has 0 saturated carbocycles. The van der Waals surface area contributed by atoms with Gasteiger partial charge in [-0.1, -0.05) is 18.2 Å². The summed E-state index contributed by atoms with van der Waals surface area (Å²) in [4.78, 5) is 22.4. The number of nitrogens with one attached hydrogen (secondary N) is 3. The fourth-order valence-electron chi connectivity index (χ4n) is 2.43. The van der Waals surface area contributed by atoms with Crippen LogP contribution >= 0.6 is 0 Å². The molecule has 0 aliphatic carbocycles. The lowest BCUT2D eigenvalue weighted by Gasteiger charge is -1.96. The molecule has 2 aromatic heterocycles. The van der Waals surface area contributed by atoms with E-state index in [0.717, 1.165) is 27.5 Å². The molecule has 0 saturated heterocycles. The van der Waals surface area contributed by atoms with Crippen molar-refractivity contribution in [3.8, 4) is 0 Å². The van der Waals surface area contributed by atoms with Crippen molar-refractivity contribution in [2.24, 2.45) is 5.10 Å². The van der Waals surface area contributed by atoms with E-state index in [-0.39, 0.29) is 11.7 Å². The lowest BCUT2D eigenvalue weighted by atomic mass is 10.2. The maximum atomic E-state index is 12.1. The molecule has 0 unspecified atom stereocenters. The molecule has 0 bridgehead atoms. The number of rotatable bonds is 3. The lowest BCUT2D eigenvalue weighted by molar-refractivity contribution is 0.0946. The number of imidazole rings is 1. The number of aromatic amines is 2. The second-order valence-corrected chi connectivity index (χ2v) is 5.13. The molecule has 0 radical (unpaired) electrons. The van der Waals surface area contributed by atoms with Gasteiger partial charge in [0.1, 0.15) is 0 Å². The number of carbonyl (C=O) groups is 1. The van der Waals surface area contributed by atoms with E-state index in [4.69, 9.17) is 0 Å². The number of hydrazone groups is 1. The Morgan fingerprint density at radius 2 is 2.04 bits per heavy atom. The number of fused-ring (bicyclic) bond motifs is 2. The zero-order valence-electron chi connectivity index (χ0n) is 12.1. The Kier molecular flexibility index (Phi) is 3.12. The van der Waals surface area contributed by atoms with Crippen LogP contribution in [-0.4, -0.2) is 27.1 Å². The van der Waals surface area contributed by atoms with Crippen LogP contribution in [-0.2, 0) is 0 Å². The number of H-pyrrole nitrogens is 2. The van der Waals surface area contributed by atoms with E-state index in [9.17, 15) is 4.79 Å². The molecule has 4 rings (SSSR count). The summed E-state index contributed by atoms with van der Waals surface area (Å²) < 4.78 is 0. The second-order valence-electron chi connectivity index (χ2n) is 5.13. The van der Waals surface area contributed by atoms with E-state index in [1.807, 2.05) is 54.7 Å². The molecule has 0 atom stereocenters. The van der Waals surface area contributed by atoms with Crippen LogP contribution in [0.25, 0.3) is 21.9 Å². The molecule has 0 aliphatic rings. The monoisotopic (exact) mass is 303 g/mol. The number of benzene rings is 2. The first kappa shape index (κ1) is 13.3. The number of hydrogen-bond donors (Lipinski definition) is 3. The first-order chi connectivity index (χ1) is 11.3. The number of para-hydroxylation sites is 2. The summed E-state index contributed by atoms with van der Waals surface area (Å²) in [6.07, 6.45) is 3.49. The van der Waals surface area contributed by atoms with Crippen LogP contribution < -0.4 is 5.43 Å². The van der Waals surface area contributed by atoms with E-state index in [0.29, 0.717) is 0 Å². The van der Waals surface area contributed by atoms with E-state index in [1.165, 1.54) is 0 Å². The zero-order chi connectivity index (χ0) is 15.6. The summed E-state index contributed by atoms with van der Waals surface area (Å²) in [5.74, 6) is -0.135. The van der Waals surface area contributed by atoms with Crippen molar-refractivity contribution in [2.75, 3.05) is 0 Å². The molecular formula is C17H13N5O. The Morgan fingerprint density at radius 1 is 1.13 bits per heavy atom. The molecule has 112 valence electrons. The lowest BCUT2D eigenvalue weighted by Crippen LogP contribution is -2.19. The zero-order valence-corrected chi connectivity index (χ0v) is 12.1. The predicted octanol–water partition coefficient (Wildman–Crippen LogP) is 2.81. The summed E-state index contributed by atoms with van der Waals surface area (Å²) >= 11 is 0. The minimum atomic E-state index is -0.375. The van der Waals surface area contributed by atoms with Gasteiger partial charge in [0.2, 0.25) is 0 Å². The van der Waals surface area contributed by atoms with Gasteiger partial charge in [-0.25, -0.2) is 10.4 Å². The molecule has 2 heterocycles. The molecule has 0 aliphatic heterocycles. The third-order valence-corrected chi connectivity index (χ3v) is 3.56. The minimum Gasteiger partial charge on any atom is -0.361 e. The van der Waals surface area contributed by atoms with Crippen molar-refractivity contribution in [1.82, 2.24) is 20.4 Å². The Morgan fingerprint density at radius 3 is 2.96 bits per heavy atom. The van der Waals surface area contributed by atoms with E-state index >= 15 is 0 Å². The van der Waals surface area contributed by atoms with Gasteiger partial charge in [0.05, 0.1) is 17.2 Å². The fourth-order valence-corrected chi connectivity index (χ4v) is 2.43. The van der Waals surface area contributed by atoms with E-state index < -0.39 is 0 Å². The third kappa shape index (κ3) is 2.57. The fraction of sp³-hybridized carbons (Fsp3) is 0. The summed E-state index contributed by atoms with van der Waals surface area (Å²) in [5, 5.41) is 5.08. The van der Waals surface area contributed by atoms with Crippen LogP contribution in [0.3, 0.4) is 0 Å². The van der Waals surface area contributed by atoms with Crippen molar-refractivity contribution < 1.29 is 4.79 Å². The van der Waals surface area contributed by atoms with Crippen LogP contribution in [0.2, 0.25) is 0 Å². The first-order valence-electron chi connectivity index (χ1n) is 7.15. The van der Waals surface area contributed by atoms with E-state index in [1.54, 1.807) is 6.21 Å². The molecule has 0 spiro atoms. The van der Waals surface area contributed by atoms with Crippen LogP contribution in [0.15, 0.2) is 59.8 Å². The van der Waals surface area contributed by atoms with Crippen molar-refractivity contribution in [3.05, 3.63) is 66.1 Å². The van der Waals surface area contributed by atoms with Crippen LogP contribution in [0, 0.1) is 0 Å². The smallest absolute Gasteiger partial charge is 0.307 e. The SMILES string of the molecule is O=C(N/N=C/c1ccc2[nH]ccc2c1)c1nc2ccccc2[nH]1. The van der Waals surface area contributed by atoms with Gasteiger partial charge in [-0.15, -0.1) is 0 Å². The van der Waals surface area contributed by atoms with Gasteiger partial charge >= 0.3 is 5.91 Å². The highest BCUT2D eigenvalue weighted by molar-refractivity contribution is 5.95. The quantitative estimate of drug-likeness (QED) is 0.401. The average Bonchev–Trinajstić information content (AvgIpc) is 3.20. The van der Waals surface area contributed by atoms with Crippen LogP contribution in [0.1, 0.15) is 16.2 Å². The predicted molar refractivity (Wildman–Crippen MR) is 89.5 cm³/mol. The van der Waals surface area contributed by atoms with Gasteiger partial charge in [-0.05, 0) is 41.3 Å². The molecular weight excluding hydrogens is 290 g/mol. The van der Waals surface area contributed by atoms with Gasteiger partial charge in [-0.3, -0.25) is 4.79 Å².